The summed E-state index contributed by atoms with van der Waals surface area (Å²) in [6.45, 7) is 7.61. The van der Waals surface area contributed by atoms with E-state index in [0.717, 1.165) is 12.1 Å². The molecule has 0 aliphatic carbocycles. The lowest BCUT2D eigenvalue weighted by molar-refractivity contribution is -0.395. The quantitative estimate of drug-likeness (QED) is 0.442. The number of nitro benzene ring substituents is 2. The molecule has 0 aliphatic rings. The summed E-state index contributed by atoms with van der Waals surface area (Å²) in [5.41, 5.74) is -5.32. The van der Waals surface area contributed by atoms with Gasteiger partial charge in [0.05, 0.1) is 16.3 Å². The Bertz CT molecular complexity index is 794. The second-order valence-electron chi connectivity index (χ2n) is 7.25. The third-order valence-corrected chi connectivity index (χ3v) is 3.08. The van der Waals surface area contributed by atoms with Crippen molar-refractivity contribution in [1.82, 2.24) is 0 Å². The Labute approximate surface area is 154 Å². The van der Waals surface area contributed by atoms with Crippen LogP contribution in [-0.2, 0) is 14.3 Å². The highest BCUT2D eigenvalue weighted by atomic mass is 16.6. The van der Waals surface area contributed by atoms with Crippen LogP contribution in [0.4, 0.5) is 11.4 Å². The molecule has 1 aromatic carbocycles. The summed E-state index contributed by atoms with van der Waals surface area (Å²) in [4.78, 5) is 44.5. The molecule has 0 saturated carbocycles. The van der Waals surface area contributed by atoms with E-state index in [4.69, 9.17) is 9.47 Å². The molecular weight excluding hydrogens is 364 g/mol. The summed E-state index contributed by atoms with van der Waals surface area (Å²) in [6, 6.07) is 1.48. The molecule has 0 spiro atoms. The monoisotopic (exact) mass is 384 g/mol. The molecule has 0 heterocycles. The largest absolute Gasteiger partial charge is 0.502 e. The van der Waals surface area contributed by atoms with Crippen molar-refractivity contribution in [3.63, 3.8) is 0 Å². The van der Waals surface area contributed by atoms with E-state index in [2.05, 4.69) is 0 Å². The van der Waals surface area contributed by atoms with Gasteiger partial charge in [-0.2, -0.15) is 0 Å². The standard InChI is InChI=1S/C16H20N2O9/c1-15(2,3)26-11(20)8-16(4,5)27-14(21)12-9(17(22)23)6-7-10(19)13(12)18(24)25/h6-7,19H,8H2,1-5H3. The van der Waals surface area contributed by atoms with Gasteiger partial charge in [0.1, 0.15) is 11.2 Å². The van der Waals surface area contributed by atoms with Crippen molar-refractivity contribution in [2.75, 3.05) is 0 Å². The van der Waals surface area contributed by atoms with E-state index < -0.39 is 62.1 Å². The highest BCUT2D eigenvalue weighted by molar-refractivity contribution is 6.00. The molecule has 0 aromatic heterocycles. The van der Waals surface area contributed by atoms with E-state index in [-0.39, 0.29) is 0 Å². The van der Waals surface area contributed by atoms with Gasteiger partial charge < -0.3 is 14.6 Å². The minimum absolute atomic E-state index is 0.392. The Morgan fingerprint density at radius 1 is 1.04 bits per heavy atom. The second-order valence-corrected chi connectivity index (χ2v) is 7.25. The SMILES string of the molecule is CC(C)(C)OC(=O)CC(C)(C)OC(=O)c1c([N+](=O)[O-])ccc(O)c1[N+](=O)[O-]. The molecule has 11 nitrogen and oxygen atoms in total. The number of hydrogen-bond acceptors (Lipinski definition) is 9. The number of esters is 2. The molecule has 0 unspecified atom stereocenters. The first-order chi connectivity index (χ1) is 12.1. The number of nitro groups is 2. The number of carbonyl (C=O) groups excluding carboxylic acids is 2. The van der Waals surface area contributed by atoms with Gasteiger partial charge >= 0.3 is 17.6 Å². The fourth-order valence-corrected chi connectivity index (χ4v) is 2.17. The summed E-state index contributed by atoms with van der Waals surface area (Å²) < 4.78 is 10.2. The number of nitrogens with zero attached hydrogens (tertiary/aromatic N) is 2. The highest BCUT2D eigenvalue weighted by Gasteiger charge is 2.38. The van der Waals surface area contributed by atoms with Crippen LogP contribution < -0.4 is 0 Å². The lowest BCUT2D eigenvalue weighted by atomic mass is 10.0. The van der Waals surface area contributed by atoms with Gasteiger partial charge in [-0.15, -0.1) is 0 Å². The molecule has 148 valence electrons. The van der Waals surface area contributed by atoms with Gasteiger partial charge in [0, 0.05) is 6.07 Å². The van der Waals surface area contributed by atoms with E-state index in [1.165, 1.54) is 13.8 Å². The van der Waals surface area contributed by atoms with Gasteiger partial charge in [-0.3, -0.25) is 25.0 Å². The Hall–Kier alpha value is -3.24. The van der Waals surface area contributed by atoms with Crippen molar-refractivity contribution < 1.29 is 34.0 Å². The second kappa shape index (κ2) is 7.56. The number of phenols is 1. The predicted molar refractivity (Wildman–Crippen MR) is 91.4 cm³/mol. The van der Waals surface area contributed by atoms with Gasteiger partial charge in [0.2, 0.25) is 5.56 Å². The molecule has 0 aliphatic heterocycles. The zero-order chi connectivity index (χ0) is 21.2. The van der Waals surface area contributed by atoms with Crippen molar-refractivity contribution in [2.45, 2.75) is 52.2 Å². The fourth-order valence-electron chi connectivity index (χ4n) is 2.17. The van der Waals surface area contributed by atoms with Crippen molar-refractivity contribution in [3.05, 3.63) is 37.9 Å². The van der Waals surface area contributed by atoms with E-state index >= 15 is 0 Å². The van der Waals surface area contributed by atoms with E-state index in [0.29, 0.717) is 0 Å². The number of ether oxygens (including phenoxy) is 2. The Morgan fingerprint density at radius 2 is 1.59 bits per heavy atom. The minimum Gasteiger partial charge on any atom is -0.502 e. The number of rotatable bonds is 6. The number of phenolic OH excluding ortho intramolecular Hbond substituents is 1. The van der Waals surface area contributed by atoms with Crippen LogP contribution in [-0.4, -0.2) is 38.1 Å². The first kappa shape index (κ1) is 21.8. The molecule has 0 atom stereocenters. The molecule has 27 heavy (non-hydrogen) atoms. The van der Waals surface area contributed by atoms with Crippen molar-refractivity contribution in [3.8, 4) is 5.75 Å². The molecule has 1 aromatic rings. The fraction of sp³-hybridized carbons (Fsp3) is 0.500. The predicted octanol–water partition coefficient (Wildman–Crippen LogP) is 2.88. The molecule has 0 radical (unpaired) electrons. The lowest BCUT2D eigenvalue weighted by Crippen LogP contribution is -2.34. The van der Waals surface area contributed by atoms with Crippen LogP contribution in [0.2, 0.25) is 0 Å². The van der Waals surface area contributed by atoms with Crippen molar-refractivity contribution in [1.29, 1.82) is 0 Å². The third-order valence-electron chi connectivity index (χ3n) is 3.08. The van der Waals surface area contributed by atoms with Crippen LogP contribution in [0.3, 0.4) is 0 Å². The molecule has 1 rings (SSSR count). The number of benzene rings is 1. The minimum atomic E-state index is -1.48. The molecule has 11 heteroatoms. The third kappa shape index (κ3) is 5.90. The maximum Gasteiger partial charge on any atom is 0.353 e. The summed E-state index contributed by atoms with van der Waals surface area (Å²) in [5, 5.41) is 31.9. The van der Waals surface area contributed by atoms with Crippen LogP contribution in [0, 0.1) is 20.2 Å². The van der Waals surface area contributed by atoms with Crippen LogP contribution in [0.15, 0.2) is 12.1 Å². The normalized spacial score (nSPS) is 11.6. The summed E-state index contributed by atoms with van der Waals surface area (Å²) >= 11 is 0. The van der Waals surface area contributed by atoms with Gasteiger partial charge in [-0.05, 0) is 40.7 Å². The Kier molecular flexibility index (Phi) is 6.10. The van der Waals surface area contributed by atoms with Crippen molar-refractivity contribution in [2.24, 2.45) is 0 Å². The van der Waals surface area contributed by atoms with Gasteiger partial charge in [0.25, 0.3) is 5.69 Å². The Morgan fingerprint density at radius 3 is 2.04 bits per heavy atom. The maximum atomic E-state index is 12.4. The highest BCUT2D eigenvalue weighted by Crippen LogP contribution is 2.37. The summed E-state index contributed by atoms with van der Waals surface area (Å²) in [7, 11) is 0. The number of hydrogen-bond donors (Lipinski definition) is 1. The maximum absolute atomic E-state index is 12.4. The number of carbonyl (C=O) groups is 2. The zero-order valence-corrected chi connectivity index (χ0v) is 15.5. The van der Waals surface area contributed by atoms with Crippen LogP contribution in [0.25, 0.3) is 0 Å². The average Bonchev–Trinajstić information content (AvgIpc) is 2.42. The molecule has 0 amide bonds. The van der Waals surface area contributed by atoms with Crippen LogP contribution in [0.1, 0.15) is 51.4 Å². The van der Waals surface area contributed by atoms with Gasteiger partial charge in [-0.25, -0.2) is 4.79 Å². The molecule has 0 bridgehead atoms. The summed E-state index contributed by atoms with van der Waals surface area (Å²) in [6.07, 6.45) is -0.392. The molecule has 0 saturated heterocycles. The van der Waals surface area contributed by atoms with Gasteiger partial charge in [-0.1, -0.05) is 0 Å². The molecule has 0 fully saturated rings. The first-order valence-electron chi connectivity index (χ1n) is 7.74. The summed E-state index contributed by atoms with van der Waals surface area (Å²) in [5.74, 6) is -3.04. The number of aromatic hydroxyl groups is 1. The molecular formula is C16H20N2O9. The van der Waals surface area contributed by atoms with Gasteiger partial charge in [0.15, 0.2) is 5.75 Å². The topological polar surface area (TPSA) is 159 Å². The molecule has 1 N–H and O–H groups in total. The average molecular weight is 384 g/mol. The zero-order valence-electron chi connectivity index (χ0n) is 15.5. The van der Waals surface area contributed by atoms with Crippen LogP contribution >= 0.6 is 0 Å². The van der Waals surface area contributed by atoms with Crippen molar-refractivity contribution >= 4 is 23.3 Å². The van der Waals surface area contributed by atoms with E-state index in [9.17, 15) is 34.9 Å². The lowest BCUT2D eigenvalue weighted by Gasteiger charge is -2.26. The van der Waals surface area contributed by atoms with Crippen LogP contribution in [0.5, 0.6) is 5.75 Å². The van der Waals surface area contributed by atoms with E-state index in [1.54, 1.807) is 20.8 Å². The van der Waals surface area contributed by atoms with E-state index in [1.807, 2.05) is 0 Å². The smallest absolute Gasteiger partial charge is 0.353 e. The Balaban J connectivity index is 3.22. The first-order valence-corrected chi connectivity index (χ1v) is 7.74.